The SMILES string of the molecule is COc1cc(OC)c(C[C@H](O)Cc2cc(OC)c(OC)c(OC)c2)c(OC)c1. The second kappa shape index (κ2) is 9.94. The van der Waals surface area contributed by atoms with Gasteiger partial charge in [-0.05, 0) is 24.1 Å². The molecule has 1 N–H and O–H groups in total. The molecular weight excluding hydrogens is 364 g/mol. The number of rotatable bonds is 10. The van der Waals surface area contributed by atoms with Crippen molar-refractivity contribution in [2.24, 2.45) is 0 Å². The van der Waals surface area contributed by atoms with Gasteiger partial charge in [-0.25, -0.2) is 0 Å². The number of hydrogen-bond donors (Lipinski definition) is 1. The van der Waals surface area contributed by atoms with Crippen LogP contribution in [0.2, 0.25) is 0 Å². The van der Waals surface area contributed by atoms with Crippen LogP contribution in [0.1, 0.15) is 11.1 Å². The molecule has 2 aromatic rings. The molecular formula is C21H28O7. The average Bonchev–Trinajstić information content (AvgIpc) is 2.72. The van der Waals surface area contributed by atoms with Crippen molar-refractivity contribution < 1.29 is 33.5 Å². The molecule has 0 amide bonds. The Bertz CT molecular complexity index is 738. The summed E-state index contributed by atoms with van der Waals surface area (Å²) in [4.78, 5) is 0. The number of benzene rings is 2. The van der Waals surface area contributed by atoms with Crippen molar-refractivity contribution in [3.8, 4) is 34.5 Å². The third kappa shape index (κ3) is 4.72. The standard InChI is InChI=1S/C21H28O7/c1-23-15-11-17(24-2)16(18(12-15)25-3)10-14(22)7-13-8-19(26-4)21(28-6)20(9-13)27-5/h8-9,11-12,14,22H,7,10H2,1-6H3/t14-/m1/s1. The molecule has 0 aromatic heterocycles. The Morgan fingerprint density at radius 1 is 0.643 bits per heavy atom. The van der Waals surface area contributed by atoms with Crippen molar-refractivity contribution in [1.29, 1.82) is 0 Å². The second-order valence-corrected chi connectivity index (χ2v) is 6.11. The van der Waals surface area contributed by atoms with Gasteiger partial charge in [0.2, 0.25) is 5.75 Å². The van der Waals surface area contributed by atoms with E-state index in [1.807, 2.05) is 12.1 Å². The number of aliphatic hydroxyl groups is 1. The highest BCUT2D eigenvalue weighted by atomic mass is 16.5. The van der Waals surface area contributed by atoms with Gasteiger partial charge in [-0.2, -0.15) is 0 Å². The van der Waals surface area contributed by atoms with Crippen molar-refractivity contribution in [3.05, 3.63) is 35.4 Å². The summed E-state index contributed by atoms with van der Waals surface area (Å²) >= 11 is 0. The Hall–Kier alpha value is -2.80. The maximum atomic E-state index is 10.7. The third-order valence-electron chi connectivity index (χ3n) is 4.45. The Balaban J connectivity index is 2.28. The molecule has 2 rings (SSSR count). The van der Waals surface area contributed by atoms with E-state index in [1.54, 1.807) is 54.8 Å². The molecule has 0 radical (unpaired) electrons. The monoisotopic (exact) mass is 392 g/mol. The summed E-state index contributed by atoms with van der Waals surface area (Å²) in [6.07, 6.45) is 0.0428. The van der Waals surface area contributed by atoms with E-state index in [2.05, 4.69) is 0 Å². The maximum absolute atomic E-state index is 10.7. The third-order valence-corrected chi connectivity index (χ3v) is 4.45. The van der Waals surface area contributed by atoms with E-state index in [4.69, 9.17) is 28.4 Å². The summed E-state index contributed by atoms with van der Waals surface area (Å²) in [6, 6.07) is 7.19. The zero-order valence-corrected chi connectivity index (χ0v) is 17.2. The van der Waals surface area contributed by atoms with E-state index in [9.17, 15) is 5.11 Å². The fourth-order valence-electron chi connectivity index (χ4n) is 3.11. The molecule has 0 aliphatic rings. The minimum absolute atomic E-state index is 0.340. The summed E-state index contributed by atoms with van der Waals surface area (Å²) in [5.74, 6) is 3.42. The van der Waals surface area contributed by atoms with E-state index in [0.717, 1.165) is 11.1 Å². The van der Waals surface area contributed by atoms with Crippen LogP contribution in [0.25, 0.3) is 0 Å². The fourth-order valence-corrected chi connectivity index (χ4v) is 3.11. The molecule has 1 atom stereocenters. The van der Waals surface area contributed by atoms with E-state index in [0.29, 0.717) is 47.3 Å². The summed E-state index contributed by atoms with van der Waals surface area (Å²) in [6.45, 7) is 0. The first-order valence-corrected chi connectivity index (χ1v) is 8.77. The fraction of sp³-hybridized carbons (Fsp3) is 0.429. The average molecular weight is 392 g/mol. The van der Waals surface area contributed by atoms with Crippen molar-refractivity contribution in [2.75, 3.05) is 42.7 Å². The summed E-state index contributed by atoms with van der Waals surface area (Å²) in [7, 11) is 9.39. The van der Waals surface area contributed by atoms with Gasteiger partial charge in [0.15, 0.2) is 11.5 Å². The highest BCUT2D eigenvalue weighted by Gasteiger charge is 2.19. The Morgan fingerprint density at radius 3 is 1.54 bits per heavy atom. The van der Waals surface area contributed by atoms with Crippen LogP contribution < -0.4 is 28.4 Å². The lowest BCUT2D eigenvalue weighted by Gasteiger charge is -2.19. The minimum atomic E-state index is -0.681. The molecule has 0 heterocycles. The number of hydrogen-bond acceptors (Lipinski definition) is 7. The van der Waals surface area contributed by atoms with Gasteiger partial charge in [0.25, 0.3) is 0 Å². The highest BCUT2D eigenvalue weighted by Crippen LogP contribution is 2.39. The van der Waals surface area contributed by atoms with Gasteiger partial charge in [0, 0.05) is 24.1 Å². The summed E-state index contributed by atoms with van der Waals surface area (Å²) in [5.41, 5.74) is 1.62. The Labute approximate surface area is 165 Å². The molecule has 0 bridgehead atoms. The van der Waals surface area contributed by atoms with Gasteiger partial charge in [-0.1, -0.05) is 0 Å². The zero-order valence-electron chi connectivity index (χ0n) is 17.2. The molecule has 0 aliphatic carbocycles. The first-order chi connectivity index (χ1) is 13.5. The summed E-state index contributed by atoms with van der Waals surface area (Å²) in [5, 5.41) is 10.7. The molecule has 0 spiro atoms. The molecule has 2 aromatic carbocycles. The van der Waals surface area contributed by atoms with Gasteiger partial charge in [0.05, 0.1) is 48.8 Å². The van der Waals surface area contributed by atoms with E-state index < -0.39 is 6.10 Å². The zero-order chi connectivity index (χ0) is 20.7. The molecule has 0 aliphatic heterocycles. The maximum Gasteiger partial charge on any atom is 0.203 e. The predicted octanol–water partition coefficient (Wildman–Crippen LogP) is 2.88. The molecule has 28 heavy (non-hydrogen) atoms. The van der Waals surface area contributed by atoms with E-state index >= 15 is 0 Å². The minimum Gasteiger partial charge on any atom is -0.496 e. The van der Waals surface area contributed by atoms with Gasteiger partial charge in [-0.3, -0.25) is 0 Å². The molecule has 7 nitrogen and oxygen atoms in total. The quantitative estimate of drug-likeness (QED) is 0.666. The van der Waals surface area contributed by atoms with Gasteiger partial charge < -0.3 is 33.5 Å². The van der Waals surface area contributed by atoms with Gasteiger partial charge in [-0.15, -0.1) is 0 Å². The van der Waals surface area contributed by atoms with Gasteiger partial charge >= 0.3 is 0 Å². The first kappa shape index (κ1) is 21.5. The highest BCUT2D eigenvalue weighted by molar-refractivity contribution is 5.54. The molecule has 7 heteroatoms. The van der Waals surface area contributed by atoms with Crippen LogP contribution >= 0.6 is 0 Å². The van der Waals surface area contributed by atoms with Crippen LogP contribution in [0.15, 0.2) is 24.3 Å². The van der Waals surface area contributed by atoms with Crippen molar-refractivity contribution in [2.45, 2.75) is 18.9 Å². The van der Waals surface area contributed by atoms with Crippen molar-refractivity contribution in [3.63, 3.8) is 0 Å². The largest absolute Gasteiger partial charge is 0.496 e. The Morgan fingerprint density at radius 2 is 1.14 bits per heavy atom. The van der Waals surface area contributed by atoms with Crippen LogP contribution in [0.3, 0.4) is 0 Å². The molecule has 0 unspecified atom stereocenters. The molecule has 0 saturated heterocycles. The topological polar surface area (TPSA) is 75.6 Å². The molecule has 0 fully saturated rings. The van der Waals surface area contributed by atoms with Crippen molar-refractivity contribution >= 4 is 0 Å². The normalized spacial score (nSPS) is 11.5. The lowest BCUT2D eigenvalue weighted by atomic mass is 9.99. The van der Waals surface area contributed by atoms with Gasteiger partial charge in [0.1, 0.15) is 17.2 Å². The smallest absolute Gasteiger partial charge is 0.203 e. The number of aliphatic hydroxyl groups excluding tert-OH is 1. The van der Waals surface area contributed by atoms with Crippen LogP contribution in [-0.2, 0) is 12.8 Å². The van der Waals surface area contributed by atoms with E-state index in [-0.39, 0.29) is 0 Å². The second-order valence-electron chi connectivity index (χ2n) is 6.11. The number of ether oxygens (including phenoxy) is 6. The van der Waals surface area contributed by atoms with E-state index in [1.165, 1.54) is 0 Å². The predicted molar refractivity (Wildman–Crippen MR) is 106 cm³/mol. The van der Waals surface area contributed by atoms with Crippen LogP contribution in [0.5, 0.6) is 34.5 Å². The lowest BCUT2D eigenvalue weighted by molar-refractivity contribution is 0.172. The van der Waals surface area contributed by atoms with Crippen LogP contribution in [0.4, 0.5) is 0 Å². The number of methoxy groups -OCH3 is 6. The Kier molecular flexibility index (Phi) is 7.63. The lowest BCUT2D eigenvalue weighted by Crippen LogP contribution is -2.15. The van der Waals surface area contributed by atoms with Crippen LogP contribution in [0, 0.1) is 0 Å². The summed E-state index contributed by atoms with van der Waals surface area (Å²) < 4.78 is 32.3. The van der Waals surface area contributed by atoms with Crippen molar-refractivity contribution in [1.82, 2.24) is 0 Å². The molecule has 154 valence electrons. The molecule has 0 saturated carbocycles. The first-order valence-electron chi connectivity index (χ1n) is 8.77. The van der Waals surface area contributed by atoms with Crippen LogP contribution in [-0.4, -0.2) is 53.9 Å².